The van der Waals surface area contributed by atoms with Gasteiger partial charge in [0.1, 0.15) is 0 Å². The molecular formula is C53H42N2. The highest BCUT2D eigenvalue weighted by Crippen LogP contribution is 2.41. The average molecular weight is 707 g/mol. The van der Waals surface area contributed by atoms with E-state index in [0.717, 1.165) is 29.0 Å². The number of nitrogens with zero attached hydrogens (tertiary/aromatic N) is 1. The van der Waals surface area contributed by atoms with Gasteiger partial charge in [0.15, 0.2) is 0 Å². The quantitative estimate of drug-likeness (QED) is 0.125. The zero-order chi connectivity index (χ0) is 37.2. The molecule has 9 rings (SSSR count). The van der Waals surface area contributed by atoms with Crippen molar-refractivity contribution in [3.63, 3.8) is 0 Å². The van der Waals surface area contributed by atoms with Crippen LogP contribution in [0.2, 0.25) is 0 Å². The van der Waals surface area contributed by atoms with Crippen LogP contribution in [0.25, 0.3) is 44.0 Å². The third kappa shape index (κ3) is 7.95. The van der Waals surface area contributed by atoms with Crippen LogP contribution in [0, 0.1) is 0 Å². The predicted octanol–water partition coefficient (Wildman–Crippen LogP) is 14.8. The summed E-state index contributed by atoms with van der Waals surface area (Å²) in [6.07, 6.45) is 15.8. The second kappa shape index (κ2) is 16.7. The first-order chi connectivity index (χ1) is 27.2. The average Bonchev–Trinajstić information content (AvgIpc) is 3.51. The molecule has 1 aliphatic rings. The summed E-state index contributed by atoms with van der Waals surface area (Å²) < 4.78 is 0. The van der Waals surface area contributed by atoms with Crippen molar-refractivity contribution in [2.45, 2.75) is 6.42 Å². The number of hydrogen-bond donors (Lipinski definition) is 1. The maximum Gasteiger partial charge on any atom is 0.0543 e. The molecule has 0 bridgehead atoms. The van der Waals surface area contributed by atoms with Crippen LogP contribution in [0.3, 0.4) is 0 Å². The molecule has 0 atom stereocenters. The summed E-state index contributed by atoms with van der Waals surface area (Å²) in [4.78, 5) is 2.42. The van der Waals surface area contributed by atoms with Crippen molar-refractivity contribution in [3.05, 3.63) is 242 Å². The van der Waals surface area contributed by atoms with Crippen LogP contribution in [0.15, 0.2) is 231 Å². The largest absolute Gasteiger partial charge is 0.355 e. The fourth-order valence-electron chi connectivity index (χ4n) is 7.19. The third-order valence-electron chi connectivity index (χ3n) is 9.86. The molecule has 2 nitrogen and oxygen atoms in total. The van der Waals surface area contributed by atoms with Crippen LogP contribution in [-0.2, 0) is 0 Å². The van der Waals surface area contributed by atoms with Gasteiger partial charge >= 0.3 is 0 Å². The summed E-state index contributed by atoms with van der Waals surface area (Å²) in [6, 6.07) is 64.1. The first-order valence-electron chi connectivity index (χ1n) is 18.8. The van der Waals surface area contributed by atoms with Crippen molar-refractivity contribution in [3.8, 4) is 0 Å². The van der Waals surface area contributed by atoms with Crippen molar-refractivity contribution in [2.24, 2.45) is 0 Å². The molecule has 8 aromatic carbocycles. The van der Waals surface area contributed by atoms with Gasteiger partial charge in [-0.25, -0.2) is 0 Å². The van der Waals surface area contributed by atoms with Gasteiger partial charge < -0.3 is 10.2 Å². The molecular weight excluding hydrogens is 665 g/mol. The molecule has 2 heteroatoms. The minimum Gasteiger partial charge on any atom is -0.355 e. The van der Waals surface area contributed by atoms with Crippen LogP contribution in [0.1, 0.15) is 17.5 Å². The van der Waals surface area contributed by atoms with Crippen LogP contribution in [-0.4, -0.2) is 0 Å². The van der Waals surface area contributed by atoms with E-state index in [4.69, 9.17) is 0 Å². The number of hydrogen-bond acceptors (Lipinski definition) is 2. The highest BCUT2D eigenvalue weighted by molar-refractivity contribution is 6.14. The summed E-state index contributed by atoms with van der Waals surface area (Å²) in [7, 11) is 0. The molecule has 0 unspecified atom stereocenters. The fourth-order valence-corrected chi connectivity index (χ4v) is 7.19. The number of para-hydroxylation sites is 1. The number of nitrogens with one attached hydrogen (secondary N) is 1. The molecule has 1 N–H and O–H groups in total. The van der Waals surface area contributed by atoms with Crippen LogP contribution >= 0.6 is 0 Å². The van der Waals surface area contributed by atoms with E-state index in [1.54, 1.807) is 0 Å². The molecule has 0 heterocycles. The lowest BCUT2D eigenvalue weighted by Crippen LogP contribution is -2.16. The number of allylic oxidation sites excluding steroid dienone is 7. The topological polar surface area (TPSA) is 15.3 Å². The second-order valence-electron chi connectivity index (χ2n) is 13.5. The normalized spacial score (nSPS) is 12.4. The molecule has 0 fully saturated rings. The molecule has 0 saturated carbocycles. The first kappa shape index (κ1) is 34.9. The van der Waals surface area contributed by atoms with Crippen LogP contribution < -0.4 is 10.2 Å². The highest BCUT2D eigenvalue weighted by Gasteiger charge is 2.19. The molecule has 0 aromatic heterocycles. The van der Waals surface area contributed by atoms with Gasteiger partial charge in [-0.1, -0.05) is 183 Å². The van der Waals surface area contributed by atoms with Crippen molar-refractivity contribution in [1.82, 2.24) is 0 Å². The molecule has 0 saturated heterocycles. The lowest BCUT2D eigenvalue weighted by molar-refractivity contribution is 1.09. The maximum absolute atomic E-state index is 3.86. The Morgan fingerprint density at radius 3 is 1.85 bits per heavy atom. The van der Waals surface area contributed by atoms with Gasteiger partial charge in [-0.2, -0.15) is 0 Å². The van der Waals surface area contributed by atoms with Gasteiger partial charge in [-0.15, -0.1) is 0 Å². The Morgan fingerprint density at radius 2 is 1.15 bits per heavy atom. The molecule has 264 valence electrons. The van der Waals surface area contributed by atoms with Gasteiger partial charge in [0, 0.05) is 34.6 Å². The van der Waals surface area contributed by atoms with Crippen LogP contribution in [0.4, 0.5) is 22.7 Å². The number of rotatable bonds is 8. The predicted molar refractivity (Wildman–Crippen MR) is 239 cm³/mol. The summed E-state index contributed by atoms with van der Waals surface area (Å²) >= 11 is 0. The van der Waals surface area contributed by atoms with E-state index in [9.17, 15) is 0 Å². The Bertz CT molecular complexity index is 2670. The Hall–Kier alpha value is -7.16. The standard InChI is InChI=1S/C47H36N2.C6H6/c1-2-3-14-39-31-36-15-7-8-16-37(36)32-46(39)48-40-28-25-35(26-29-40)34-18-13-21-42(30-27-34)49(41-19-5-4-6-20-41)47-33-38-17-9-10-22-43(38)44-23-11-12-24-45(44)47;1-2-4-6-5-3-1/h2-20,22-33,48H,1,21H2;1-6H/b14-3-;. The summed E-state index contributed by atoms with van der Waals surface area (Å²) in [5.41, 5.74) is 9.12. The zero-order valence-corrected chi connectivity index (χ0v) is 30.7. The lowest BCUT2D eigenvalue weighted by Gasteiger charge is -2.29. The Kier molecular flexibility index (Phi) is 10.6. The van der Waals surface area contributed by atoms with Crippen molar-refractivity contribution in [1.29, 1.82) is 0 Å². The maximum atomic E-state index is 3.86. The molecule has 0 radical (unpaired) electrons. The Labute approximate surface area is 324 Å². The first-order valence-corrected chi connectivity index (χ1v) is 18.8. The summed E-state index contributed by atoms with van der Waals surface area (Å²) in [6.45, 7) is 3.86. The zero-order valence-electron chi connectivity index (χ0n) is 30.7. The third-order valence-corrected chi connectivity index (χ3v) is 9.86. The van der Waals surface area contributed by atoms with Gasteiger partial charge in [0.05, 0.1) is 5.69 Å². The van der Waals surface area contributed by atoms with Crippen molar-refractivity contribution in [2.75, 3.05) is 10.2 Å². The number of anilines is 4. The summed E-state index contributed by atoms with van der Waals surface area (Å²) in [5.74, 6) is 0. The SMILES string of the molecule is C=C/C=C\c1cc2ccccc2cc1Nc1ccc(C2=CC=C(N(c3ccccc3)c3cc4ccccc4c4ccccc34)CC=C2)cc1.c1ccccc1. The van der Waals surface area contributed by atoms with Crippen molar-refractivity contribution >= 4 is 66.7 Å². The summed E-state index contributed by atoms with van der Waals surface area (Å²) in [5, 5.41) is 11.1. The minimum atomic E-state index is 0.804. The van der Waals surface area contributed by atoms with E-state index in [2.05, 4.69) is 193 Å². The Balaban J connectivity index is 0.000000651. The van der Waals surface area contributed by atoms with Crippen LogP contribution in [0.5, 0.6) is 0 Å². The van der Waals surface area contributed by atoms with Gasteiger partial charge in [0.25, 0.3) is 0 Å². The fraction of sp³-hybridized carbons (Fsp3) is 0.0189. The monoisotopic (exact) mass is 706 g/mol. The molecule has 0 amide bonds. The molecule has 8 aromatic rings. The molecule has 55 heavy (non-hydrogen) atoms. The Morgan fingerprint density at radius 1 is 0.545 bits per heavy atom. The minimum absolute atomic E-state index is 0.804. The molecule has 0 aliphatic heterocycles. The smallest absolute Gasteiger partial charge is 0.0543 e. The van der Waals surface area contributed by atoms with Gasteiger partial charge in [0.2, 0.25) is 0 Å². The second-order valence-corrected chi connectivity index (χ2v) is 13.5. The molecule has 0 spiro atoms. The van der Waals surface area contributed by atoms with Gasteiger partial charge in [-0.05, 0) is 92.2 Å². The van der Waals surface area contributed by atoms with E-state index < -0.39 is 0 Å². The van der Waals surface area contributed by atoms with E-state index in [0.29, 0.717) is 0 Å². The lowest BCUT2D eigenvalue weighted by atomic mass is 9.99. The van der Waals surface area contributed by atoms with Gasteiger partial charge in [-0.3, -0.25) is 0 Å². The van der Waals surface area contributed by atoms with Crippen molar-refractivity contribution < 1.29 is 0 Å². The molecule has 1 aliphatic carbocycles. The number of benzene rings is 8. The van der Waals surface area contributed by atoms with E-state index in [-0.39, 0.29) is 0 Å². The highest BCUT2D eigenvalue weighted by atomic mass is 15.1. The van der Waals surface area contributed by atoms with E-state index in [1.807, 2.05) is 48.6 Å². The number of fused-ring (bicyclic) bond motifs is 4. The van der Waals surface area contributed by atoms with E-state index in [1.165, 1.54) is 54.8 Å². The van der Waals surface area contributed by atoms with E-state index >= 15 is 0 Å².